The number of carbonyl (C=O) groups is 1. The molecule has 5 heteroatoms. The summed E-state index contributed by atoms with van der Waals surface area (Å²) in [6.07, 6.45) is 2.22. The zero-order valence-electron chi connectivity index (χ0n) is 18.0. The molecule has 1 fully saturated rings. The maximum Gasteiger partial charge on any atom is 0.255 e. The molecular weight excluding hydrogens is 372 g/mol. The van der Waals surface area contributed by atoms with Crippen molar-refractivity contribution in [3.8, 4) is 5.69 Å². The van der Waals surface area contributed by atoms with Gasteiger partial charge in [0.1, 0.15) is 0 Å². The summed E-state index contributed by atoms with van der Waals surface area (Å²) in [5.41, 5.74) is 5.88. The predicted molar refractivity (Wildman–Crippen MR) is 124 cm³/mol. The second kappa shape index (κ2) is 8.76. The van der Waals surface area contributed by atoms with E-state index in [-0.39, 0.29) is 5.91 Å². The van der Waals surface area contributed by atoms with Gasteiger partial charge in [0.15, 0.2) is 0 Å². The lowest BCUT2D eigenvalue weighted by molar-refractivity contribution is 0.102. The molecule has 0 atom stereocenters. The lowest BCUT2D eigenvalue weighted by Gasteiger charge is -2.30. The Morgan fingerprint density at radius 1 is 0.867 bits per heavy atom. The monoisotopic (exact) mass is 402 g/mol. The van der Waals surface area contributed by atoms with E-state index in [1.54, 1.807) is 0 Å². The summed E-state index contributed by atoms with van der Waals surface area (Å²) in [5.74, 6) is -0.0971. The third-order valence-electron chi connectivity index (χ3n) is 5.91. The number of carbonyl (C=O) groups excluding carboxylic acids is 1. The quantitative estimate of drug-likeness (QED) is 0.641. The first-order valence-corrected chi connectivity index (χ1v) is 10.6. The number of piperidine rings is 1. The van der Waals surface area contributed by atoms with Crippen LogP contribution in [0.25, 0.3) is 5.69 Å². The van der Waals surface area contributed by atoms with Crippen LogP contribution in [-0.4, -0.2) is 41.6 Å². The normalized spacial score (nSPS) is 15.2. The second-order valence-corrected chi connectivity index (χ2v) is 8.22. The van der Waals surface area contributed by atoms with Crippen LogP contribution < -0.4 is 10.6 Å². The highest BCUT2D eigenvalue weighted by molar-refractivity contribution is 6.06. The number of para-hydroxylation sites is 2. The third kappa shape index (κ3) is 4.41. The molecule has 0 saturated carbocycles. The number of rotatable bonds is 5. The SMILES string of the molecule is Cc1ccc(C)n1-c1ccc(C(=O)Nc2ccccc2NC2CCN(C)CC2)cc1. The fourth-order valence-electron chi connectivity index (χ4n) is 4.12. The third-order valence-corrected chi connectivity index (χ3v) is 5.91. The summed E-state index contributed by atoms with van der Waals surface area (Å²) in [5, 5.41) is 6.71. The van der Waals surface area contributed by atoms with Crippen LogP contribution in [0.2, 0.25) is 0 Å². The highest BCUT2D eigenvalue weighted by Crippen LogP contribution is 2.25. The van der Waals surface area contributed by atoms with Crippen LogP contribution >= 0.6 is 0 Å². The highest BCUT2D eigenvalue weighted by atomic mass is 16.1. The molecule has 4 rings (SSSR count). The number of nitrogens with one attached hydrogen (secondary N) is 2. The molecule has 1 aliphatic rings. The van der Waals surface area contributed by atoms with E-state index >= 15 is 0 Å². The molecule has 1 amide bonds. The van der Waals surface area contributed by atoms with Gasteiger partial charge in [0, 0.05) is 28.7 Å². The maximum atomic E-state index is 12.9. The zero-order chi connectivity index (χ0) is 21.1. The molecule has 2 aromatic carbocycles. The molecule has 2 heterocycles. The number of likely N-dealkylation sites (tertiary alicyclic amines) is 1. The number of hydrogen-bond donors (Lipinski definition) is 2. The van der Waals surface area contributed by atoms with Crippen molar-refractivity contribution in [1.82, 2.24) is 9.47 Å². The van der Waals surface area contributed by atoms with Crippen LogP contribution in [0.3, 0.4) is 0 Å². The summed E-state index contributed by atoms with van der Waals surface area (Å²) < 4.78 is 2.18. The lowest BCUT2D eigenvalue weighted by Crippen LogP contribution is -2.36. The fourth-order valence-corrected chi connectivity index (χ4v) is 4.12. The Morgan fingerprint density at radius 3 is 2.10 bits per heavy atom. The molecule has 1 saturated heterocycles. The van der Waals surface area contributed by atoms with Crippen molar-refractivity contribution in [2.24, 2.45) is 0 Å². The molecule has 0 radical (unpaired) electrons. The Hall–Kier alpha value is -3.05. The molecule has 156 valence electrons. The van der Waals surface area contributed by atoms with E-state index in [4.69, 9.17) is 0 Å². The van der Waals surface area contributed by atoms with Crippen molar-refractivity contribution in [2.75, 3.05) is 30.8 Å². The Kier molecular flexibility index (Phi) is 5.91. The van der Waals surface area contributed by atoms with E-state index in [1.807, 2.05) is 48.5 Å². The van der Waals surface area contributed by atoms with Crippen molar-refractivity contribution in [3.05, 3.63) is 77.6 Å². The van der Waals surface area contributed by atoms with Crippen LogP contribution in [0.1, 0.15) is 34.6 Å². The molecule has 5 nitrogen and oxygen atoms in total. The first-order valence-electron chi connectivity index (χ1n) is 10.6. The summed E-state index contributed by atoms with van der Waals surface area (Å²) in [6.45, 7) is 6.36. The summed E-state index contributed by atoms with van der Waals surface area (Å²) >= 11 is 0. The number of anilines is 2. The zero-order valence-corrected chi connectivity index (χ0v) is 18.0. The van der Waals surface area contributed by atoms with E-state index in [1.165, 1.54) is 11.4 Å². The number of amides is 1. The minimum Gasteiger partial charge on any atom is -0.381 e. The molecule has 0 bridgehead atoms. The summed E-state index contributed by atoms with van der Waals surface area (Å²) in [7, 11) is 2.16. The van der Waals surface area contributed by atoms with Crippen molar-refractivity contribution in [2.45, 2.75) is 32.7 Å². The van der Waals surface area contributed by atoms with Gasteiger partial charge in [-0.1, -0.05) is 12.1 Å². The Bertz CT molecular complexity index is 994. The van der Waals surface area contributed by atoms with Crippen LogP contribution in [-0.2, 0) is 0 Å². The van der Waals surface area contributed by atoms with Crippen LogP contribution in [0.4, 0.5) is 11.4 Å². The molecule has 1 aromatic heterocycles. The maximum absolute atomic E-state index is 12.9. The minimum absolute atomic E-state index is 0.0971. The predicted octanol–water partition coefficient (Wildman–Crippen LogP) is 4.85. The first kappa shape index (κ1) is 20.2. The van der Waals surface area contributed by atoms with Crippen LogP contribution in [0, 0.1) is 13.8 Å². The number of hydrogen-bond acceptors (Lipinski definition) is 3. The molecule has 3 aromatic rings. The number of nitrogens with zero attached hydrogens (tertiary/aromatic N) is 2. The standard InChI is InChI=1S/C25H30N4O/c1-18-8-9-19(2)29(18)22-12-10-20(11-13-22)25(30)27-24-7-5-4-6-23(24)26-21-14-16-28(3)17-15-21/h4-13,21,26H,14-17H2,1-3H3,(H,27,30). The van der Waals surface area contributed by atoms with Gasteiger partial charge >= 0.3 is 0 Å². The van der Waals surface area contributed by atoms with E-state index in [9.17, 15) is 4.79 Å². The van der Waals surface area contributed by atoms with Gasteiger partial charge in [0.2, 0.25) is 0 Å². The number of aryl methyl sites for hydroxylation is 2. The molecule has 2 N–H and O–H groups in total. The average Bonchev–Trinajstić information content (AvgIpc) is 3.09. The van der Waals surface area contributed by atoms with E-state index < -0.39 is 0 Å². The van der Waals surface area contributed by atoms with Gasteiger partial charge in [-0.15, -0.1) is 0 Å². The smallest absolute Gasteiger partial charge is 0.255 e. The molecule has 1 aliphatic heterocycles. The van der Waals surface area contributed by atoms with E-state index in [0.29, 0.717) is 11.6 Å². The molecule has 0 unspecified atom stereocenters. The Labute approximate surface area is 178 Å². The minimum atomic E-state index is -0.0971. The average molecular weight is 403 g/mol. The second-order valence-electron chi connectivity index (χ2n) is 8.22. The van der Waals surface area contributed by atoms with Gasteiger partial charge in [-0.25, -0.2) is 0 Å². The van der Waals surface area contributed by atoms with E-state index in [0.717, 1.165) is 43.0 Å². The largest absolute Gasteiger partial charge is 0.381 e. The van der Waals surface area contributed by atoms with Gasteiger partial charge in [-0.05, 0) is 95.4 Å². The lowest BCUT2D eigenvalue weighted by atomic mass is 10.0. The Morgan fingerprint density at radius 2 is 1.47 bits per heavy atom. The van der Waals surface area contributed by atoms with Crippen LogP contribution in [0.15, 0.2) is 60.7 Å². The van der Waals surface area contributed by atoms with Crippen molar-refractivity contribution in [1.29, 1.82) is 0 Å². The van der Waals surface area contributed by atoms with Crippen molar-refractivity contribution >= 4 is 17.3 Å². The Balaban J connectivity index is 1.46. The molecule has 0 aliphatic carbocycles. The highest BCUT2D eigenvalue weighted by Gasteiger charge is 2.18. The molecular formula is C25H30N4O. The van der Waals surface area contributed by atoms with Gasteiger partial charge in [0.05, 0.1) is 11.4 Å². The van der Waals surface area contributed by atoms with Gasteiger partial charge < -0.3 is 20.1 Å². The van der Waals surface area contributed by atoms with Crippen LogP contribution in [0.5, 0.6) is 0 Å². The summed E-state index contributed by atoms with van der Waals surface area (Å²) in [6, 6.07) is 20.4. The van der Waals surface area contributed by atoms with Gasteiger partial charge in [-0.3, -0.25) is 4.79 Å². The summed E-state index contributed by atoms with van der Waals surface area (Å²) in [4.78, 5) is 15.2. The first-order chi connectivity index (χ1) is 14.5. The topological polar surface area (TPSA) is 49.3 Å². The van der Waals surface area contributed by atoms with Crippen molar-refractivity contribution in [3.63, 3.8) is 0 Å². The fraction of sp³-hybridized carbons (Fsp3) is 0.320. The van der Waals surface area contributed by atoms with Gasteiger partial charge in [0.25, 0.3) is 5.91 Å². The van der Waals surface area contributed by atoms with Gasteiger partial charge in [-0.2, -0.15) is 0 Å². The van der Waals surface area contributed by atoms with Crippen molar-refractivity contribution < 1.29 is 4.79 Å². The van der Waals surface area contributed by atoms with E-state index in [2.05, 4.69) is 53.1 Å². The molecule has 0 spiro atoms. The number of benzene rings is 2. The number of aromatic nitrogens is 1. The molecule has 30 heavy (non-hydrogen) atoms.